The number of nitrogens with one attached hydrogen (secondary N) is 1. The Balaban J connectivity index is 4.23. The van der Waals surface area contributed by atoms with Crippen molar-refractivity contribution in [1.29, 1.82) is 0 Å². The van der Waals surface area contributed by atoms with E-state index in [4.69, 9.17) is 0 Å². The molecule has 0 bridgehead atoms. The highest BCUT2D eigenvalue weighted by Gasteiger charge is 2.27. The zero-order valence-electron chi connectivity index (χ0n) is 11.7. The highest BCUT2D eigenvalue weighted by atomic mass is 15.2. The summed E-state index contributed by atoms with van der Waals surface area (Å²) in [7, 11) is 2.23. The lowest BCUT2D eigenvalue weighted by Gasteiger charge is -2.42. The molecule has 2 unspecified atom stereocenters. The summed E-state index contributed by atoms with van der Waals surface area (Å²) < 4.78 is 0. The van der Waals surface area contributed by atoms with Crippen molar-refractivity contribution < 1.29 is 0 Å². The lowest BCUT2D eigenvalue weighted by atomic mass is 9.96. The first-order valence-electron chi connectivity index (χ1n) is 6.33. The predicted molar refractivity (Wildman–Crippen MR) is 69.4 cm³/mol. The van der Waals surface area contributed by atoms with Gasteiger partial charge in [-0.15, -0.1) is 0 Å². The summed E-state index contributed by atoms with van der Waals surface area (Å²) in [4.78, 5) is 2.49. The smallest absolute Gasteiger partial charge is 0.0220 e. The molecule has 0 spiro atoms. The van der Waals surface area contributed by atoms with Crippen molar-refractivity contribution in [2.45, 2.75) is 72.0 Å². The molecule has 92 valence electrons. The molecule has 0 aromatic heterocycles. The average molecular weight is 214 g/mol. The van der Waals surface area contributed by atoms with Gasteiger partial charge in [0.15, 0.2) is 0 Å². The van der Waals surface area contributed by atoms with Crippen LogP contribution in [0.1, 0.15) is 54.4 Å². The van der Waals surface area contributed by atoms with Crippen molar-refractivity contribution in [2.24, 2.45) is 0 Å². The van der Waals surface area contributed by atoms with Crippen LogP contribution in [-0.2, 0) is 0 Å². The maximum atomic E-state index is 3.57. The van der Waals surface area contributed by atoms with Crippen LogP contribution in [0.5, 0.6) is 0 Å². The highest BCUT2D eigenvalue weighted by molar-refractivity contribution is 4.85. The molecule has 0 amide bonds. The zero-order chi connectivity index (χ0) is 12.1. The van der Waals surface area contributed by atoms with E-state index < -0.39 is 0 Å². The first-order chi connectivity index (χ1) is 6.86. The molecule has 2 atom stereocenters. The van der Waals surface area contributed by atoms with Crippen molar-refractivity contribution in [3.05, 3.63) is 0 Å². The zero-order valence-corrected chi connectivity index (χ0v) is 11.7. The van der Waals surface area contributed by atoms with Crippen LogP contribution >= 0.6 is 0 Å². The fourth-order valence-electron chi connectivity index (χ4n) is 1.68. The second-order valence-corrected chi connectivity index (χ2v) is 5.26. The minimum atomic E-state index is 0.293. The van der Waals surface area contributed by atoms with Gasteiger partial charge in [-0.25, -0.2) is 0 Å². The number of likely N-dealkylation sites (N-methyl/N-ethyl adjacent to an activating group) is 1. The fraction of sp³-hybridized carbons (Fsp3) is 1.00. The first kappa shape index (κ1) is 14.9. The van der Waals surface area contributed by atoms with Crippen molar-refractivity contribution in [2.75, 3.05) is 13.6 Å². The topological polar surface area (TPSA) is 15.3 Å². The van der Waals surface area contributed by atoms with Crippen LogP contribution in [-0.4, -0.2) is 36.1 Å². The Bertz CT molecular complexity index is 166. The second-order valence-electron chi connectivity index (χ2n) is 5.26. The maximum absolute atomic E-state index is 3.57. The van der Waals surface area contributed by atoms with Crippen molar-refractivity contribution in [3.63, 3.8) is 0 Å². The minimum Gasteiger partial charge on any atom is -0.313 e. The van der Waals surface area contributed by atoms with Gasteiger partial charge in [0.2, 0.25) is 0 Å². The molecule has 0 saturated carbocycles. The highest BCUT2D eigenvalue weighted by Crippen LogP contribution is 2.20. The van der Waals surface area contributed by atoms with Crippen molar-refractivity contribution >= 4 is 0 Å². The molecule has 2 nitrogen and oxygen atoms in total. The maximum Gasteiger partial charge on any atom is 0.0220 e. The minimum absolute atomic E-state index is 0.293. The van der Waals surface area contributed by atoms with Gasteiger partial charge in [-0.3, -0.25) is 4.90 Å². The molecule has 0 rings (SSSR count). The molecule has 0 aliphatic heterocycles. The number of hydrogen-bond acceptors (Lipinski definition) is 2. The van der Waals surface area contributed by atoms with Gasteiger partial charge in [-0.1, -0.05) is 13.8 Å². The average Bonchev–Trinajstić information content (AvgIpc) is 2.23. The molecule has 15 heavy (non-hydrogen) atoms. The van der Waals surface area contributed by atoms with E-state index in [0.29, 0.717) is 17.6 Å². The van der Waals surface area contributed by atoms with Crippen molar-refractivity contribution in [3.8, 4) is 0 Å². The Morgan fingerprint density at radius 1 is 1.20 bits per heavy atom. The largest absolute Gasteiger partial charge is 0.313 e. The predicted octanol–water partition coefficient (Wildman–Crippen LogP) is 2.88. The molecule has 0 aromatic carbocycles. The Labute approximate surface area is 96.4 Å². The molecule has 1 N–H and O–H groups in total. The SMILES string of the molecule is CCCNC(C)C(C)N(C)C(C)(C)CC. The van der Waals surface area contributed by atoms with Gasteiger partial charge in [0.25, 0.3) is 0 Å². The fourth-order valence-corrected chi connectivity index (χ4v) is 1.68. The Kier molecular flexibility index (Phi) is 6.46. The standard InChI is InChI=1S/C13H30N2/c1-8-10-14-11(3)12(4)15(7)13(5,6)9-2/h11-12,14H,8-10H2,1-7H3. The molecular formula is C13H30N2. The van der Waals surface area contributed by atoms with Gasteiger partial charge in [0.1, 0.15) is 0 Å². The Morgan fingerprint density at radius 3 is 2.13 bits per heavy atom. The molecular weight excluding hydrogens is 184 g/mol. The van der Waals surface area contributed by atoms with Gasteiger partial charge in [0, 0.05) is 17.6 Å². The molecule has 0 aliphatic rings. The van der Waals surface area contributed by atoms with Crippen LogP contribution in [0.4, 0.5) is 0 Å². The van der Waals surface area contributed by atoms with Crippen molar-refractivity contribution in [1.82, 2.24) is 10.2 Å². The number of nitrogens with zero attached hydrogens (tertiary/aromatic N) is 1. The van der Waals surface area contributed by atoms with E-state index in [-0.39, 0.29) is 0 Å². The first-order valence-corrected chi connectivity index (χ1v) is 6.33. The molecule has 0 aliphatic carbocycles. The van der Waals surface area contributed by atoms with Gasteiger partial charge in [-0.05, 0) is 54.1 Å². The van der Waals surface area contributed by atoms with Gasteiger partial charge in [0.05, 0.1) is 0 Å². The van der Waals surface area contributed by atoms with Gasteiger partial charge >= 0.3 is 0 Å². The summed E-state index contributed by atoms with van der Waals surface area (Å²) in [6, 6.07) is 1.13. The lowest BCUT2D eigenvalue weighted by Crippen LogP contribution is -2.53. The molecule has 0 fully saturated rings. The summed E-state index contributed by atoms with van der Waals surface area (Å²) in [6.45, 7) is 14.8. The summed E-state index contributed by atoms with van der Waals surface area (Å²) in [5, 5.41) is 3.57. The summed E-state index contributed by atoms with van der Waals surface area (Å²) in [5.74, 6) is 0. The van der Waals surface area contributed by atoms with E-state index in [1.54, 1.807) is 0 Å². The molecule has 0 saturated heterocycles. The Hall–Kier alpha value is -0.0800. The number of rotatable bonds is 7. The summed E-state index contributed by atoms with van der Waals surface area (Å²) >= 11 is 0. The van der Waals surface area contributed by atoms with E-state index in [0.717, 1.165) is 6.54 Å². The van der Waals surface area contributed by atoms with E-state index in [9.17, 15) is 0 Å². The molecule has 2 heteroatoms. The van der Waals surface area contributed by atoms with E-state index in [2.05, 4.69) is 58.8 Å². The van der Waals surface area contributed by atoms with Crippen LogP contribution in [0.3, 0.4) is 0 Å². The van der Waals surface area contributed by atoms with E-state index in [1.165, 1.54) is 12.8 Å². The Morgan fingerprint density at radius 2 is 1.73 bits per heavy atom. The normalized spacial score (nSPS) is 16.8. The molecule has 0 radical (unpaired) electrons. The van der Waals surface area contributed by atoms with Crippen LogP contribution in [0, 0.1) is 0 Å². The summed E-state index contributed by atoms with van der Waals surface area (Å²) in [5.41, 5.74) is 0.293. The third-order valence-electron chi connectivity index (χ3n) is 3.87. The van der Waals surface area contributed by atoms with Crippen LogP contribution < -0.4 is 5.32 Å². The van der Waals surface area contributed by atoms with Gasteiger partial charge in [-0.2, -0.15) is 0 Å². The molecule has 0 heterocycles. The number of hydrogen-bond donors (Lipinski definition) is 1. The van der Waals surface area contributed by atoms with Crippen LogP contribution in [0.2, 0.25) is 0 Å². The second kappa shape index (κ2) is 6.49. The molecule has 0 aromatic rings. The van der Waals surface area contributed by atoms with Crippen LogP contribution in [0.25, 0.3) is 0 Å². The van der Waals surface area contributed by atoms with Crippen LogP contribution in [0.15, 0.2) is 0 Å². The van der Waals surface area contributed by atoms with Gasteiger partial charge < -0.3 is 5.32 Å². The quantitative estimate of drug-likeness (QED) is 0.701. The van der Waals surface area contributed by atoms with E-state index in [1.807, 2.05) is 0 Å². The third-order valence-corrected chi connectivity index (χ3v) is 3.87. The van der Waals surface area contributed by atoms with E-state index >= 15 is 0 Å². The summed E-state index contributed by atoms with van der Waals surface area (Å²) in [6.07, 6.45) is 2.40. The monoisotopic (exact) mass is 214 g/mol. The third kappa shape index (κ3) is 4.52. The lowest BCUT2D eigenvalue weighted by molar-refractivity contribution is 0.0871.